The lowest BCUT2D eigenvalue weighted by molar-refractivity contribution is 0.465. The zero-order valence-corrected chi connectivity index (χ0v) is 9.90. The Bertz CT molecular complexity index is 509. The molecule has 1 aromatic heterocycles. The summed E-state index contributed by atoms with van der Waals surface area (Å²) in [6.45, 7) is 1.94. The SMILES string of the molecule is CNc1ccc(Oc2ncc(C)cc2N)cc1. The molecule has 0 unspecified atom stereocenters. The quantitative estimate of drug-likeness (QED) is 0.849. The van der Waals surface area contributed by atoms with E-state index in [1.165, 1.54) is 0 Å². The summed E-state index contributed by atoms with van der Waals surface area (Å²) in [7, 11) is 1.87. The van der Waals surface area contributed by atoms with Crippen LogP contribution in [-0.2, 0) is 0 Å². The summed E-state index contributed by atoms with van der Waals surface area (Å²) in [4.78, 5) is 4.15. The molecule has 0 aliphatic carbocycles. The number of aromatic nitrogens is 1. The van der Waals surface area contributed by atoms with Crippen LogP contribution in [0.2, 0.25) is 0 Å². The van der Waals surface area contributed by atoms with Crippen molar-refractivity contribution in [3.63, 3.8) is 0 Å². The Hall–Kier alpha value is -2.23. The Kier molecular flexibility index (Phi) is 3.14. The lowest BCUT2D eigenvalue weighted by Gasteiger charge is -2.08. The predicted molar refractivity (Wildman–Crippen MR) is 69.4 cm³/mol. The molecule has 0 bridgehead atoms. The van der Waals surface area contributed by atoms with Gasteiger partial charge in [-0.25, -0.2) is 4.98 Å². The molecular weight excluding hydrogens is 214 g/mol. The normalized spacial score (nSPS) is 10.0. The molecule has 88 valence electrons. The van der Waals surface area contributed by atoms with E-state index in [0.29, 0.717) is 17.3 Å². The molecule has 0 spiro atoms. The molecule has 17 heavy (non-hydrogen) atoms. The molecule has 0 saturated heterocycles. The zero-order chi connectivity index (χ0) is 12.3. The fraction of sp³-hybridized carbons (Fsp3) is 0.154. The van der Waals surface area contributed by atoms with Crippen molar-refractivity contribution in [1.82, 2.24) is 4.98 Å². The summed E-state index contributed by atoms with van der Waals surface area (Å²) >= 11 is 0. The van der Waals surface area contributed by atoms with E-state index in [9.17, 15) is 0 Å². The van der Waals surface area contributed by atoms with Gasteiger partial charge in [-0.05, 0) is 42.8 Å². The molecule has 0 aliphatic rings. The summed E-state index contributed by atoms with van der Waals surface area (Å²) in [5.41, 5.74) is 8.41. The number of aryl methyl sites for hydroxylation is 1. The number of ether oxygens (including phenoxy) is 1. The summed E-state index contributed by atoms with van der Waals surface area (Å²) in [5, 5.41) is 3.04. The number of hydrogen-bond acceptors (Lipinski definition) is 4. The van der Waals surface area contributed by atoms with Crippen LogP contribution in [-0.4, -0.2) is 12.0 Å². The Balaban J connectivity index is 2.19. The van der Waals surface area contributed by atoms with Crippen LogP contribution in [0, 0.1) is 6.92 Å². The van der Waals surface area contributed by atoms with E-state index in [4.69, 9.17) is 10.5 Å². The van der Waals surface area contributed by atoms with Gasteiger partial charge in [0.1, 0.15) is 5.75 Å². The second kappa shape index (κ2) is 4.74. The van der Waals surface area contributed by atoms with Crippen LogP contribution in [0.5, 0.6) is 11.6 Å². The van der Waals surface area contributed by atoms with Crippen LogP contribution >= 0.6 is 0 Å². The molecule has 0 aliphatic heterocycles. The van der Waals surface area contributed by atoms with Gasteiger partial charge in [-0.3, -0.25) is 0 Å². The summed E-state index contributed by atoms with van der Waals surface area (Å²) in [6.07, 6.45) is 1.73. The van der Waals surface area contributed by atoms with Gasteiger partial charge in [0.15, 0.2) is 0 Å². The Morgan fingerprint density at radius 3 is 2.53 bits per heavy atom. The van der Waals surface area contributed by atoms with Crippen molar-refractivity contribution in [2.45, 2.75) is 6.92 Å². The number of benzene rings is 1. The number of anilines is 2. The van der Waals surface area contributed by atoms with Crippen molar-refractivity contribution in [3.8, 4) is 11.6 Å². The van der Waals surface area contributed by atoms with Crippen LogP contribution in [0.3, 0.4) is 0 Å². The molecule has 0 fully saturated rings. The minimum absolute atomic E-state index is 0.438. The largest absolute Gasteiger partial charge is 0.437 e. The summed E-state index contributed by atoms with van der Waals surface area (Å²) in [5.74, 6) is 1.15. The van der Waals surface area contributed by atoms with Gasteiger partial charge < -0.3 is 15.8 Å². The number of rotatable bonds is 3. The lowest BCUT2D eigenvalue weighted by Crippen LogP contribution is -1.96. The summed E-state index contributed by atoms with van der Waals surface area (Å²) in [6, 6.07) is 9.43. The first-order valence-corrected chi connectivity index (χ1v) is 5.37. The van der Waals surface area contributed by atoms with Crippen molar-refractivity contribution in [2.75, 3.05) is 18.1 Å². The van der Waals surface area contributed by atoms with E-state index in [1.54, 1.807) is 6.20 Å². The van der Waals surface area contributed by atoms with Crippen molar-refractivity contribution < 1.29 is 4.74 Å². The molecule has 2 aromatic rings. The van der Waals surface area contributed by atoms with Gasteiger partial charge in [-0.15, -0.1) is 0 Å². The highest BCUT2D eigenvalue weighted by atomic mass is 16.5. The third-order valence-electron chi connectivity index (χ3n) is 2.37. The van der Waals surface area contributed by atoms with E-state index in [2.05, 4.69) is 10.3 Å². The minimum atomic E-state index is 0.438. The standard InChI is InChI=1S/C13H15N3O/c1-9-7-12(14)13(16-8-9)17-11-5-3-10(15-2)4-6-11/h3-8,15H,14H2,1-2H3. The number of nitrogen functional groups attached to an aromatic ring is 1. The van der Waals surface area contributed by atoms with E-state index >= 15 is 0 Å². The van der Waals surface area contributed by atoms with Gasteiger partial charge in [0.05, 0.1) is 5.69 Å². The number of nitrogens with two attached hydrogens (primary N) is 1. The highest BCUT2D eigenvalue weighted by Gasteiger charge is 2.03. The number of hydrogen-bond donors (Lipinski definition) is 2. The molecule has 1 aromatic carbocycles. The zero-order valence-electron chi connectivity index (χ0n) is 9.90. The van der Waals surface area contributed by atoms with Crippen LogP contribution < -0.4 is 15.8 Å². The van der Waals surface area contributed by atoms with E-state index in [1.807, 2.05) is 44.3 Å². The molecular formula is C13H15N3O. The molecule has 4 heteroatoms. The number of nitrogens with one attached hydrogen (secondary N) is 1. The molecule has 0 saturated carbocycles. The second-order valence-electron chi connectivity index (χ2n) is 3.78. The average molecular weight is 229 g/mol. The maximum absolute atomic E-state index is 5.83. The van der Waals surface area contributed by atoms with Gasteiger partial charge in [-0.1, -0.05) is 0 Å². The summed E-state index contributed by atoms with van der Waals surface area (Å²) < 4.78 is 5.60. The molecule has 1 heterocycles. The minimum Gasteiger partial charge on any atom is -0.437 e. The Morgan fingerprint density at radius 1 is 1.24 bits per heavy atom. The number of pyridine rings is 1. The molecule has 3 N–H and O–H groups in total. The second-order valence-corrected chi connectivity index (χ2v) is 3.78. The number of nitrogens with zero attached hydrogens (tertiary/aromatic N) is 1. The van der Waals surface area contributed by atoms with E-state index in [0.717, 1.165) is 11.3 Å². The molecule has 2 rings (SSSR count). The van der Waals surface area contributed by atoms with Crippen LogP contribution in [0.25, 0.3) is 0 Å². The fourth-order valence-corrected chi connectivity index (χ4v) is 1.47. The van der Waals surface area contributed by atoms with Crippen molar-refractivity contribution in [1.29, 1.82) is 0 Å². The highest BCUT2D eigenvalue weighted by molar-refractivity contribution is 5.52. The van der Waals surface area contributed by atoms with Crippen molar-refractivity contribution >= 4 is 11.4 Å². The van der Waals surface area contributed by atoms with E-state index in [-0.39, 0.29) is 0 Å². The average Bonchev–Trinajstić information content (AvgIpc) is 2.34. The van der Waals surface area contributed by atoms with Crippen molar-refractivity contribution in [2.24, 2.45) is 0 Å². The Labute approximate surface area is 100 Å². The topological polar surface area (TPSA) is 60.2 Å². The monoisotopic (exact) mass is 229 g/mol. The van der Waals surface area contributed by atoms with Crippen molar-refractivity contribution in [3.05, 3.63) is 42.1 Å². The third kappa shape index (κ3) is 2.66. The van der Waals surface area contributed by atoms with Crippen LogP contribution in [0.4, 0.5) is 11.4 Å². The van der Waals surface area contributed by atoms with Gasteiger partial charge >= 0.3 is 0 Å². The predicted octanol–water partition coefficient (Wildman–Crippen LogP) is 2.81. The maximum Gasteiger partial charge on any atom is 0.242 e. The van der Waals surface area contributed by atoms with Gasteiger partial charge in [0.2, 0.25) is 5.88 Å². The smallest absolute Gasteiger partial charge is 0.242 e. The Morgan fingerprint density at radius 2 is 1.94 bits per heavy atom. The molecule has 0 atom stereocenters. The van der Waals surface area contributed by atoms with Gasteiger partial charge in [0, 0.05) is 18.9 Å². The third-order valence-corrected chi connectivity index (χ3v) is 2.37. The molecule has 4 nitrogen and oxygen atoms in total. The fourth-order valence-electron chi connectivity index (χ4n) is 1.47. The van der Waals surface area contributed by atoms with Crippen LogP contribution in [0.1, 0.15) is 5.56 Å². The first kappa shape index (κ1) is 11.3. The molecule has 0 amide bonds. The van der Waals surface area contributed by atoms with Gasteiger partial charge in [-0.2, -0.15) is 0 Å². The van der Waals surface area contributed by atoms with Crippen LogP contribution in [0.15, 0.2) is 36.5 Å². The molecule has 0 radical (unpaired) electrons. The lowest BCUT2D eigenvalue weighted by atomic mass is 10.3. The van der Waals surface area contributed by atoms with Gasteiger partial charge in [0.25, 0.3) is 0 Å². The first-order chi connectivity index (χ1) is 8.19. The maximum atomic E-state index is 5.83. The highest BCUT2D eigenvalue weighted by Crippen LogP contribution is 2.26. The first-order valence-electron chi connectivity index (χ1n) is 5.37. The van der Waals surface area contributed by atoms with E-state index < -0.39 is 0 Å².